The van der Waals surface area contributed by atoms with Gasteiger partial charge in [0.2, 0.25) is 5.91 Å². The molecule has 0 aliphatic carbocycles. The van der Waals surface area contributed by atoms with Crippen molar-refractivity contribution in [3.05, 3.63) is 29.8 Å². The van der Waals surface area contributed by atoms with Crippen LogP contribution in [0, 0.1) is 6.92 Å². The third-order valence-electron chi connectivity index (χ3n) is 2.55. The second-order valence-corrected chi connectivity index (χ2v) is 4.26. The Kier molecular flexibility index (Phi) is 6.52. The molecule has 1 aromatic carbocycles. The van der Waals surface area contributed by atoms with Crippen molar-refractivity contribution in [3.8, 4) is 5.75 Å². The molecule has 20 heavy (non-hydrogen) atoms. The highest BCUT2D eigenvalue weighted by atomic mass is 16.5. The van der Waals surface area contributed by atoms with Crippen LogP contribution in [0.15, 0.2) is 24.3 Å². The van der Waals surface area contributed by atoms with Crippen LogP contribution in [0.3, 0.4) is 0 Å². The Balaban J connectivity index is 2.22. The zero-order valence-electron chi connectivity index (χ0n) is 11.6. The Hall–Kier alpha value is -2.08. The molecule has 1 unspecified atom stereocenters. The molecule has 1 atom stereocenters. The highest BCUT2D eigenvalue weighted by Gasteiger charge is 2.15. The van der Waals surface area contributed by atoms with Crippen molar-refractivity contribution in [1.29, 1.82) is 0 Å². The maximum atomic E-state index is 11.5. The fourth-order valence-corrected chi connectivity index (χ4v) is 1.48. The summed E-state index contributed by atoms with van der Waals surface area (Å²) in [7, 11) is 1.17. The molecule has 0 aliphatic rings. The van der Waals surface area contributed by atoms with Crippen LogP contribution in [0.5, 0.6) is 5.75 Å². The molecule has 0 fully saturated rings. The standard InChI is InChI=1S/C14H19NO5/c1-10-4-3-5-11(8-10)20-7-6-13(17)15-9-12(16)14(18)19-2/h3-5,8,12,16H,6-7,9H2,1-2H3,(H,15,17). The van der Waals surface area contributed by atoms with E-state index in [4.69, 9.17) is 4.74 Å². The Morgan fingerprint density at radius 1 is 1.40 bits per heavy atom. The van der Waals surface area contributed by atoms with Crippen LogP contribution in [-0.2, 0) is 14.3 Å². The van der Waals surface area contributed by atoms with Crippen molar-refractivity contribution in [2.45, 2.75) is 19.4 Å². The Morgan fingerprint density at radius 3 is 2.80 bits per heavy atom. The van der Waals surface area contributed by atoms with Gasteiger partial charge >= 0.3 is 5.97 Å². The molecular formula is C14H19NO5. The molecule has 0 saturated heterocycles. The van der Waals surface area contributed by atoms with Gasteiger partial charge in [-0.05, 0) is 24.6 Å². The van der Waals surface area contributed by atoms with E-state index >= 15 is 0 Å². The summed E-state index contributed by atoms with van der Waals surface area (Å²) in [5, 5.41) is 11.7. The minimum absolute atomic E-state index is 0.141. The van der Waals surface area contributed by atoms with Gasteiger partial charge in [-0.15, -0.1) is 0 Å². The zero-order valence-corrected chi connectivity index (χ0v) is 11.6. The topological polar surface area (TPSA) is 84.9 Å². The fourth-order valence-electron chi connectivity index (χ4n) is 1.48. The number of aliphatic hydroxyl groups excluding tert-OH is 1. The van der Waals surface area contributed by atoms with Crippen molar-refractivity contribution in [1.82, 2.24) is 5.32 Å². The quantitative estimate of drug-likeness (QED) is 0.707. The minimum atomic E-state index is -1.35. The number of nitrogens with one attached hydrogen (secondary N) is 1. The lowest BCUT2D eigenvalue weighted by Gasteiger charge is -2.10. The number of hydrogen-bond acceptors (Lipinski definition) is 5. The van der Waals surface area contributed by atoms with Gasteiger partial charge in [0, 0.05) is 0 Å². The first-order chi connectivity index (χ1) is 9.52. The van der Waals surface area contributed by atoms with Gasteiger partial charge in [0.15, 0.2) is 6.10 Å². The number of benzene rings is 1. The maximum absolute atomic E-state index is 11.5. The summed E-state index contributed by atoms with van der Waals surface area (Å²) in [5.74, 6) is -0.380. The van der Waals surface area contributed by atoms with Crippen LogP contribution in [0.2, 0.25) is 0 Å². The summed E-state index contributed by atoms with van der Waals surface area (Å²) in [4.78, 5) is 22.4. The average molecular weight is 281 g/mol. The molecule has 1 amide bonds. The molecule has 2 N–H and O–H groups in total. The minimum Gasteiger partial charge on any atom is -0.493 e. The van der Waals surface area contributed by atoms with Crippen LogP contribution in [0.25, 0.3) is 0 Å². The Bertz CT molecular complexity index is 461. The molecular weight excluding hydrogens is 262 g/mol. The second-order valence-electron chi connectivity index (χ2n) is 4.26. The van der Waals surface area contributed by atoms with Gasteiger partial charge in [-0.25, -0.2) is 4.79 Å². The molecule has 110 valence electrons. The van der Waals surface area contributed by atoms with Crippen molar-refractivity contribution in [2.75, 3.05) is 20.3 Å². The highest BCUT2D eigenvalue weighted by molar-refractivity contribution is 5.78. The van der Waals surface area contributed by atoms with Gasteiger partial charge < -0.3 is 19.9 Å². The van der Waals surface area contributed by atoms with Gasteiger partial charge in [0.05, 0.1) is 26.7 Å². The molecule has 6 nitrogen and oxygen atoms in total. The predicted octanol–water partition coefficient (Wildman–Crippen LogP) is 0.414. The molecule has 0 aromatic heterocycles. The van der Waals surface area contributed by atoms with Crippen LogP contribution < -0.4 is 10.1 Å². The van der Waals surface area contributed by atoms with Crippen molar-refractivity contribution >= 4 is 11.9 Å². The predicted molar refractivity (Wildman–Crippen MR) is 72.3 cm³/mol. The molecule has 0 bridgehead atoms. The zero-order chi connectivity index (χ0) is 15.0. The van der Waals surface area contributed by atoms with E-state index in [0.29, 0.717) is 5.75 Å². The molecule has 0 spiro atoms. The lowest BCUT2D eigenvalue weighted by Crippen LogP contribution is -2.37. The van der Waals surface area contributed by atoms with Crippen molar-refractivity contribution in [3.63, 3.8) is 0 Å². The van der Waals surface area contributed by atoms with E-state index in [1.807, 2.05) is 31.2 Å². The van der Waals surface area contributed by atoms with Crippen LogP contribution in [0.4, 0.5) is 0 Å². The van der Waals surface area contributed by atoms with Crippen LogP contribution >= 0.6 is 0 Å². The van der Waals surface area contributed by atoms with E-state index in [-0.39, 0.29) is 25.5 Å². The number of ether oxygens (including phenoxy) is 2. The van der Waals surface area contributed by atoms with E-state index in [9.17, 15) is 14.7 Å². The van der Waals surface area contributed by atoms with Crippen molar-refractivity contribution < 1.29 is 24.2 Å². The maximum Gasteiger partial charge on any atom is 0.336 e. The van der Waals surface area contributed by atoms with Gasteiger partial charge in [0.25, 0.3) is 0 Å². The molecule has 0 aliphatic heterocycles. The number of rotatable bonds is 7. The van der Waals surface area contributed by atoms with E-state index in [2.05, 4.69) is 10.1 Å². The number of esters is 1. The molecule has 0 saturated carbocycles. The van der Waals surface area contributed by atoms with Crippen molar-refractivity contribution in [2.24, 2.45) is 0 Å². The fraction of sp³-hybridized carbons (Fsp3) is 0.429. The third kappa shape index (κ3) is 5.71. The van der Waals surface area contributed by atoms with Gasteiger partial charge in [-0.2, -0.15) is 0 Å². The summed E-state index contributed by atoms with van der Waals surface area (Å²) in [6.45, 7) is 2.01. The normalized spacial score (nSPS) is 11.6. The number of methoxy groups -OCH3 is 1. The van der Waals surface area contributed by atoms with E-state index < -0.39 is 12.1 Å². The molecule has 1 aromatic rings. The summed E-state index contributed by atoms with van der Waals surface area (Å²) in [6.07, 6.45) is -1.20. The number of aryl methyl sites for hydroxylation is 1. The van der Waals surface area contributed by atoms with Gasteiger partial charge in [-0.1, -0.05) is 12.1 Å². The first-order valence-electron chi connectivity index (χ1n) is 6.25. The SMILES string of the molecule is COC(=O)C(O)CNC(=O)CCOc1cccc(C)c1. The lowest BCUT2D eigenvalue weighted by molar-refractivity contribution is -0.150. The summed E-state index contributed by atoms with van der Waals surface area (Å²) in [6, 6.07) is 7.51. The Morgan fingerprint density at radius 2 is 2.15 bits per heavy atom. The average Bonchev–Trinajstić information content (AvgIpc) is 2.44. The monoisotopic (exact) mass is 281 g/mol. The molecule has 1 rings (SSSR count). The largest absolute Gasteiger partial charge is 0.493 e. The van der Waals surface area contributed by atoms with Gasteiger partial charge in [0.1, 0.15) is 5.75 Å². The van der Waals surface area contributed by atoms with E-state index in [0.717, 1.165) is 5.56 Å². The molecule has 0 heterocycles. The number of amides is 1. The van der Waals surface area contributed by atoms with E-state index in [1.165, 1.54) is 7.11 Å². The number of aliphatic hydroxyl groups is 1. The number of carbonyl (C=O) groups is 2. The Labute approximate surface area is 117 Å². The second kappa shape index (κ2) is 8.16. The summed E-state index contributed by atoms with van der Waals surface area (Å²) in [5.41, 5.74) is 1.08. The first-order valence-corrected chi connectivity index (χ1v) is 6.25. The first kappa shape index (κ1) is 16.0. The summed E-state index contributed by atoms with van der Waals surface area (Å²) >= 11 is 0. The molecule has 6 heteroatoms. The smallest absolute Gasteiger partial charge is 0.336 e. The number of hydrogen-bond donors (Lipinski definition) is 2. The van der Waals surface area contributed by atoms with Crippen LogP contribution in [0.1, 0.15) is 12.0 Å². The molecule has 0 radical (unpaired) electrons. The third-order valence-corrected chi connectivity index (χ3v) is 2.55. The van der Waals surface area contributed by atoms with Crippen LogP contribution in [-0.4, -0.2) is 43.3 Å². The summed E-state index contributed by atoms with van der Waals surface area (Å²) < 4.78 is 9.75. The number of carbonyl (C=O) groups excluding carboxylic acids is 2. The van der Waals surface area contributed by atoms with Gasteiger partial charge in [-0.3, -0.25) is 4.79 Å². The van der Waals surface area contributed by atoms with E-state index in [1.54, 1.807) is 0 Å². The highest BCUT2D eigenvalue weighted by Crippen LogP contribution is 2.12. The lowest BCUT2D eigenvalue weighted by atomic mass is 10.2.